The van der Waals surface area contributed by atoms with Crippen molar-refractivity contribution in [2.45, 2.75) is 44.8 Å². The van der Waals surface area contributed by atoms with Gasteiger partial charge in [0.2, 0.25) is 0 Å². The molecule has 8 rings (SSSR count). The molecule has 1 aliphatic rings. The first-order valence-corrected chi connectivity index (χ1v) is 20.4. The van der Waals surface area contributed by atoms with Crippen molar-refractivity contribution in [2.75, 3.05) is 0 Å². The van der Waals surface area contributed by atoms with E-state index < -0.39 is 144 Å². The van der Waals surface area contributed by atoms with Gasteiger partial charge in [-0.1, -0.05) is 36.8 Å². The van der Waals surface area contributed by atoms with Crippen molar-refractivity contribution in [1.29, 1.82) is 0 Å². The van der Waals surface area contributed by atoms with Gasteiger partial charge in [0.25, 0.3) is 0 Å². The molecule has 0 N–H and O–H groups in total. The molecule has 1 fully saturated rings. The summed E-state index contributed by atoms with van der Waals surface area (Å²) in [5.74, 6) is -71.6. The number of fused-ring (bicyclic) bond motifs is 1. The van der Waals surface area contributed by atoms with Gasteiger partial charge < -0.3 is 4.74 Å². The van der Waals surface area contributed by atoms with E-state index in [4.69, 9.17) is 4.74 Å². The summed E-state index contributed by atoms with van der Waals surface area (Å²) in [6.07, 6.45) is 2.73. The maximum absolute atomic E-state index is 15.4. The summed E-state index contributed by atoms with van der Waals surface area (Å²) in [6.45, 7) is 0.781. The van der Waals surface area contributed by atoms with Crippen molar-refractivity contribution >= 4 is 44.7 Å². The van der Waals surface area contributed by atoms with Crippen LogP contribution < -0.4 is 26.4 Å². The summed E-state index contributed by atoms with van der Waals surface area (Å²) in [5.41, 5.74) is -12.5. The van der Waals surface area contributed by atoms with E-state index in [0.717, 1.165) is 19.4 Å². The smallest absolute Gasteiger partial charge is 0.338 e. The lowest BCUT2D eigenvalue weighted by atomic mass is 9.12. The lowest BCUT2D eigenvalue weighted by Gasteiger charge is -2.44. The maximum Gasteiger partial charge on any atom is 0.338 e. The van der Waals surface area contributed by atoms with Gasteiger partial charge in [0.15, 0.2) is 88.7 Å². The number of carbonyl (C=O) groups is 1. The minimum Gasteiger partial charge on any atom is -0.459 e. The zero-order chi connectivity index (χ0) is 52.1. The standard InChI is InChI=1S/C24BF20.C23H24NO2/c26-5-1(6(27)14(35)21(42)13(5)34)25(2-7(28)15(36)22(43)16(37)8(2)29,3-9(30)17(38)23(44)18(39)10(3)31)4-11(32)19(40)24(45)20(41)12(4)33;25-23(26-22-8-2-1-3-9-22)20-12-10-18(11-13-20)16-24-15-14-19-6-4-5-7-21(19)17-24/h;4-7,10-15,17,22H,1-3,8-9,16H2/q-1;+1. The molecule has 0 spiro atoms. The monoisotopic (exact) mass is 1030 g/mol. The zero-order valence-electron chi connectivity index (χ0n) is 35.1. The molecule has 0 unspecified atom stereocenters. The van der Waals surface area contributed by atoms with E-state index in [1.165, 1.54) is 35.6 Å². The van der Waals surface area contributed by atoms with Gasteiger partial charge in [-0.3, -0.25) is 0 Å². The molecule has 0 amide bonds. The Morgan fingerprint density at radius 2 is 0.746 bits per heavy atom. The molecule has 6 aromatic carbocycles. The highest BCUT2D eigenvalue weighted by atomic mass is 19.2. The van der Waals surface area contributed by atoms with Crippen molar-refractivity contribution in [3.63, 3.8) is 0 Å². The van der Waals surface area contributed by atoms with E-state index in [-0.39, 0.29) is 12.1 Å². The Balaban J connectivity index is 0.000000240. The van der Waals surface area contributed by atoms with Crippen LogP contribution in [0.4, 0.5) is 87.8 Å². The van der Waals surface area contributed by atoms with Crippen molar-refractivity contribution in [2.24, 2.45) is 0 Å². The van der Waals surface area contributed by atoms with Crippen LogP contribution in [0.2, 0.25) is 0 Å². The second-order valence-electron chi connectivity index (χ2n) is 15.9. The van der Waals surface area contributed by atoms with Gasteiger partial charge in [0, 0.05) is 17.0 Å². The first-order chi connectivity index (χ1) is 33.5. The molecule has 7 aromatic rings. The average molecular weight is 1030 g/mol. The summed E-state index contributed by atoms with van der Waals surface area (Å²) >= 11 is 0. The number of aromatic nitrogens is 1. The molecule has 0 bridgehead atoms. The average Bonchev–Trinajstić information content (AvgIpc) is 3.36. The van der Waals surface area contributed by atoms with Gasteiger partial charge in [0.05, 0.1) is 5.56 Å². The minimum atomic E-state index is -7.22. The van der Waals surface area contributed by atoms with Gasteiger partial charge >= 0.3 is 5.97 Å². The molecule has 0 aliphatic heterocycles. The van der Waals surface area contributed by atoms with Crippen LogP contribution in [0.3, 0.4) is 0 Å². The van der Waals surface area contributed by atoms with Crippen molar-refractivity contribution in [3.05, 3.63) is 194 Å². The van der Waals surface area contributed by atoms with Crippen LogP contribution in [0.25, 0.3) is 10.8 Å². The van der Waals surface area contributed by atoms with Crippen LogP contribution in [-0.4, -0.2) is 18.2 Å². The Morgan fingerprint density at radius 1 is 0.423 bits per heavy atom. The molecule has 71 heavy (non-hydrogen) atoms. The highest BCUT2D eigenvalue weighted by molar-refractivity contribution is 7.20. The Morgan fingerprint density at radius 3 is 1.10 bits per heavy atom. The second kappa shape index (κ2) is 19.9. The molecule has 3 nitrogen and oxygen atoms in total. The van der Waals surface area contributed by atoms with Crippen LogP contribution in [-0.2, 0) is 11.3 Å². The molecular formula is C47H24BF20NO2. The maximum atomic E-state index is 15.4. The fourth-order valence-corrected chi connectivity index (χ4v) is 8.51. The molecule has 0 radical (unpaired) electrons. The number of hydrogen-bond donors (Lipinski definition) is 0. The van der Waals surface area contributed by atoms with Crippen LogP contribution in [0, 0.1) is 116 Å². The van der Waals surface area contributed by atoms with Crippen LogP contribution >= 0.6 is 0 Å². The number of pyridine rings is 1. The molecule has 0 saturated heterocycles. The van der Waals surface area contributed by atoms with E-state index in [9.17, 15) is 57.5 Å². The van der Waals surface area contributed by atoms with Gasteiger partial charge in [0.1, 0.15) is 58.8 Å². The summed E-state index contributed by atoms with van der Waals surface area (Å²) in [7, 11) is 0. The summed E-state index contributed by atoms with van der Waals surface area (Å²) in [6, 6.07) is 18.3. The molecule has 372 valence electrons. The quantitative estimate of drug-likeness (QED) is 0.0379. The third-order valence-corrected chi connectivity index (χ3v) is 11.8. The second-order valence-corrected chi connectivity index (χ2v) is 15.9. The van der Waals surface area contributed by atoms with Crippen molar-refractivity contribution in [1.82, 2.24) is 0 Å². The normalized spacial score (nSPS) is 13.1. The molecule has 1 heterocycles. The van der Waals surface area contributed by atoms with Crippen molar-refractivity contribution < 1.29 is 102 Å². The zero-order valence-corrected chi connectivity index (χ0v) is 35.1. The summed E-state index contributed by atoms with van der Waals surface area (Å²) in [5, 5.41) is 2.47. The number of halogens is 20. The Hall–Kier alpha value is -7.14. The third kappa shape index (κ3) is 8.78. The predicted octanol–water partition coefficient (Wildman–Crippen LogP) is 10.5. The number of hydrogen-bond acceptors (Lipinski definition) is 2. The Kier molecular flexibility index (Phi) is 14.5. The SMILES string of the molecule is Fc1c(F)c(F)c([B-](c2c(F)c(F)c(F)c(F)c2F)(c2c(F)c(F)c(F)c(F)c2F)c2c(F)c(F)c(F)c(F)c2F)c(F)c1F.O=C(OC1CCCCC1)c1ccc(C[n+]2ccc3ccccc3c2)cc1. The molecular weight excluding hydrogens is 1000 g/mol. The van der Waals surface area contributed by atoms with E-state index in [1.807, 2.05) is 24.3 Å². The summed E-state index contributed by atoms with van der Waals surface area (Å²) < 4.78 is 302. The highest BCUT2D eigenvalue weighted by Gasteiger charge is 2.52. The predicted molar refractivity (Wildman–Crippen MR) is 211 cm³/mol. The van der Waals surface area contributed by atoms with Crippen LogP contribution in [0.1, 0.15) is 48.0 Å². The van der Waals surface area contributed by atoms with E-state index >= 15 is 35.1 Å². The highest BCUT2D eigenvalue weighted by Crippen LogP contribution is 2.31. The number of esters is 1. The third-order valence-electron chi connectivity index (χ3n) is 11.8. The van der Waals surface area contributed by atoms with E-state index in [0.29, 0.717) is 5.56 Å². The largest absolute Gasteiger partial charge is 0.459 e. The van der Waals surface area contributed by atoms with E-state index in [2.05, 4.69) is 47.3 Å². The molecule has 0 atom stereocenters. The number of nitrogens with zero attached hydrogens (tertiary/aromatic N) is 1. The number of ether oxygens (including phenoxy) is 1. The lowest BCUT2D eigenvalue weighted by Crippen LogP contribution is -2.81. The lowest BCUT2D eigenvalue weighted by molar-refractivity contribution is -0.687. The van der Waals surface area contributed by atoms with Crippen LogP contribution in [0.15, 0.2) is 67.0 Å². The number of carbonyl (C=O) groups excluding carboxylic acids is 1. The Labute approximate surface area is 385 Å². The van der Waals surface area contributed by atoms with Crippen LogP contribution in [0.5, 0.6) is 0 Å². The number of rotatable bonds is 8. The molecule has 1 aliphatic carbocycles. The fourth-order valence-electron chi connectivity index (χ4n) is 8.51. The van der Waals surface area contributed by atoms with Gasteiger partial charge in [-0.25, -0.2) is 97.2 Å². The minimum absolute atomic E-state index is 0.101. The van der Waals surface area contributed by atoms with Crippen molar-refractivity contribution in [3.8, 4) is 0 Å². The first-order valence-electron chi connectivity index (χ1n) is 20.4. The Bertz CT molecular complexity index is 2890. The topological polar surface area (TPSA) is 30.2 Å². The number of benzene rings is 6. The van der Waals surface area contributed by atoms with Gasteiger partial charge in [-0.2, -0.15) is 0 Å². The molecule has 1 saturated carbocycles. The molecule has 1 aromatic heterocycles. The van der Waals surface area contributed by atoms with Gasteiger partial charge in [-0.15, -0.1) is 21.9 Å². The summed E-state index contributed by atoms with van der Waals surface area (Å²) in [4.78, 5) is 12.3. The van der Waals surface area contributed by atoms with E-state index in [1.54, 1.807) is 0 Å². The fraction of sp³-hybridized carbons (Fsp3) is 0.149. The first kappa shape index (κ1) is 51.7. The molecule has 24 heteroatoms. The van der Waals surface area contributed by atoms with Gasteiger partial charge in [-0.05, 0) is 49.3 Å².